The minimum absolute atomic E-state index is 0.0723. The van der Waals surface area contributed by atoms with Crippen LogP contribution in [0.15, 0.2) is 42.6 Å². The van der Waals surface area contributed by atoms with Gasteiger partial charge in [-0.05, 0) is 48.8 Å². The highest BCUT2D eigenvalue weighted by Crippen LogP contribution is 2.39. The maximum Gasteiger partial charge on any atom is 0.287 e. The minimum Gasteiger partial charge on any atom is -0.362 e. The summed E-state index contributed by atoms with van der Waals surface area (Å²) in [6.45, 7) is 0.636. The molecule has 0 aliphatic heterocycles. The summed E-state index contributed by atoms with van der Waals surface area (Å²) in [4.78, 5) is 14.2. The molecular formula is C19H21FN4O2S. The Hall–Kier alpha value is -2.61. The molecule has 2 aromatic rings. The second-order valence-corrected chi connectivity index (χ2v) is 7.22. The number of nitro groups is 1. The average Bonchev–Trinajstić information content (AvgIpc) is 2.68. The summed E-state index contributed by atoms with van der Waals surface area (Å²) in [6.07, 6.45) is 6.69. The number of aromatic nitrogens is 1. The Morgan fingerprint density at radius 3 is 2.48 bits per heavy atom. The van der Waals surface area contributed by atoms with E-state index in [1.807, 2.05) is 12.1 Å². The Morgan fingerprint density at radius 1 is 1.19 bits per heavy atom. The largest absolute Gasteiger partial charge is 0.362 e. The predicted molar refractivity (Wildman–Crippen MR) is 106 cm³/mol. The van der Waals surface area contributed by atoms with Gasteiger partial charge in [0.2, 0.25) is 0 Å². The summed E-state index contributed by atoms with van der Waals surface area (Å²) >= 11 is 5.35. The molecular weight excluding hydrogens is 367 g/mol. The monoisotopic (exact) mass is 388 g/mol. The molecule has 1 aromatic carbocycles. The number of nitrogens with one attached hydrogen (secondary N) is 2. The zero-order valence-corrected chi connectivity index (χ0v) is 15.6. The lowest BCUT2D eigenvalue weighted by Crippen LogP contribution is -2.43. The third-order valence-corrected chi connectivity index (χ3v) is 5.30. The number of hydrogen-bond acceptors (Lipinski definition) is 4. The summed E-state index contributed by atoms with van der Waals surface area (Å²) in [6, 6.07) is 9.61. The van der Waals surface area contributed by atoms with E-state index in [9.17, 15) is 14.5 Å². The molecule has 0 spiro atoms. The van der Waals surface area contributed by atoms with Crippen LogP contribution in [0.2, 0.25) is 0 Å². The quantitative estimate of drug-likeness (QED) is 0.451. The minimum atomic E-state index is -0.497. The van der Waals surface area contributed by atoms with Crippen molar-refractivity contribution in [2.24, 2.45) is 0 Å². The third kappa shape index (κ3) is 4.77. The Balaban J connectivity index is 1.65. The Morgan fingerprint density at radius 2 is 1.89 bits per heavy atom. The number of hydrogen-bond donors (Lipinski definition) is 2. The van der Waals surface area contributed by atoms with Crippen molar-refractivity contribution in [1.29, 1.82) is 0 Å². The molecule has 0 radical (unpaired) electrons. The fraction of sp³-hybridized carbons (Fsp3) is 0.368. The molecule has 6 nitrogen and oxygen atoms in total. The van der Waals surface area contributed by atoms with E-state index in [2.05, 4.69) is 15.6 Å². The van der Waals surface area contributed by atoms with Crippen molar-refractivity contribution in [3.8, 4) is 0 Å². The lowest BCUT2D eigenvalue weighted by atomic mass is 9.69. The summed E-state index contributed by atoms with van der Waals surface area (Å²) in [5, 5.41) is 17.3. The molecule has 1 saturated carbocycles. The predicted octanol–water partition coefficient (Wildman–Crippen LogP) is 4.32. The third-order valence-electron chi connectivity index (χ3n) is 5.05. The van der Waals surface area contributed by atoms with Crippen molar-refractivity contribution in [2.45, 2.75) is 37.5 Å². The lowest BCUT2D eigenvalue weighted by Gasteiger charge is -2.38. The van der Waals surface area contributed by atoms with E-state index in [1.54, 1.807) is 0 Å². The number of anilines is 1. The maximum atomic E-state index is 13.3. The first-order valence-corrected chi connectivity index (χ1v) is 9.31. The van der Waals surface area contributed by atoms with Gasteiger partial charge in [-0.3, -0.25) is 10.1 Å². The maximum absolute atomic E-state index is 13.3. The number of nitrogens with zero attached hydrogens (tertiary/aromatic N) is 2. The van der Waals surface area contributed by atoms with Crippen molar-refractivity contribution < 1.29 is 9.31 Å². The average molecular weight is 388 g/mol. The number of rotatable bonds is 5. The molecule has 1 aromatic heterocycles. The first-order valence-electron chi connectivity index (χ1n) is 8.90. The molecule has 27 heavy (non-hydrogen) atoms. The van der Waals surface area contributed by atoms with E-state index in [4.69, 9.17) is 12.2 Å². The van der Waals surface area contributed by atoms with Gasteiger partial charge in [0.15, 0.2) is 5.11 Å². The molecule has 1 aliphatic rings. The summed E-state index contributed by atoms with van der Waals surface area (Å²) < 4.78 is 13.3. The van der Waals surface area contributed by atoms with Gasteiger partial charge in [-0.2, -0.15) is 0 Å². The fourth-order valence-corrected chi connectivity index (χ4v) is 3.75. The molecule has 1 fully saturated rings. The first kappa shape index (κ1) is 19.2. The standard InChI is InChI=1S/C19H21FN4O2S/c20-15-6-4-14(5-7-15)19(10-2-1-3-11-19)13-22-18(27)23-17-9-8-16(12-21-17)24(25)26/h4-9,12H,1-3,10-11,13H2,(H2,21,22,23,27). The summed E-state index contributed by atoms with van der Waals surface area (Å²) in [7, 11) is 0. The van der Waals surface area contributed by atoms with Crippen LogP contribution in [0.5, 0.6) is 0 Å². The van der Waals surface area contributed by atoms with Crippen LogP contribution >= 0.6 is 12.2 Å². The second-order valence-electron chi connectivity index (χ2n) is 6.81. The zero-order valence-electron chi connectivity index (χ0n) is 14.8. The second kappa shape index (κ2) is 8.39. The van der Waals surface area contributed by atoms with Crippen LogP contribution in [0.25, 0.3) is 0 Å². The molecule has 8 heteroatoms. The molecule has 0 unspecified atom stereocenters. The SMILES string of the molecule is O=[N+]([O-])c1ccc(NC(=S)NCC2(c3ccc(F)cc3)CCCCC2)nc1. The highest BCUT2D eigenvalue weighted by atomic mass is 32.1. The van der Waals surface area contributed by atoms with Crippen LogP contribution < -0.4 is 10.6 Å². The van der Waals surface area contributed by atoms with Crippen LogP contribution in [-0.2, 0) is 5.41 Å². The first-order chi connectivity index (χ1) is 13.0. The molecule has 1 aliphatic carbocycles. The van der Waals surface area contributed by atoms with Crippen molar-refractivity contribution in [3.05, 3.63) is 64.1 Å². The topological polar surface area (TPSA) is 80.1 Å². The fourth-order valence-electron chi connectivity index (χ4n) is 3.58. The van der Waals surface area contributed by atoms with E-state index in [1.165, 1.54) is 36.9 Å². The van der Waals surface area contributed by atoms with Crippen LogP contribution in [0, 0.1) is 15.9 Å². The Bertz CT molecular complexity index is 805. The van der Waals surface area contributed by atoms with Crippen molar-refractivity contribution >= 4 is 28.8 Å². The van der Waals surface area contributed by atoms with Gasteiger partial charge in [0.05, 0.1) is 4.92 Å². The number of halogens is 1. The molecule has 2 N–H and O–H groups in total. The van der Waals surface area contributed by atoms with Gasteiger partial charge < -0.3 is 10.6 Å². The zero-order chi connectivity index (χ0) is 19.3. The smallest absolute Gasteiger partial charge is 0.287 e. The summed E-state index contributed by atoms with van der Waals surface area (Å²) in [5.41, 5.74) is 0.963. The lowest BCUT2D eigenvalue weighted by molar-refractivity contribution is -0.385. The Labute approximate surface area is 162 Å². The molecule has 0 atom stereocenters. The van der Waals surface area contributed by atoms with Gasteiger partial charge in [0, 0.05) is 18.0 Å². The van der Waals surface area contributed by atoms with Gasteiger partial charge in [-0.15, -0.1) is 0 Å². The van der Waals surface area contributed by atoms with E-state index in [0.29, 0.717) is 17.5 Å². The van der Waals surface area contributed by atoms with E-state index < -0.39 is 4.92 Å². The van der Waals surface area contributed by atoms with Gasteiger partial charge in [-0.25, -0.2) is 9.37 Å². The van der Waals surface area contributed by atoms with Crippen LogP contribution in [0.4, 0.5) is 15.9 Å². The molecule has 3 rings (SSSR count). The highest BCUT2D eigenvalue weighted by Gasteiger charge is 2.34. The van der Waals surface area contributed by atoms with E-state index in [-0.39, 0.29) is 16.9 Å². The highest BCUT2D eigenvalue weighted by molar-refractivity contribution is 7.80. The molecule has 142 valence electrons. The molecule has 1 heterocycles. The van der Waals surface area contributed by atoms with Crippen molar-refractivity contribution in [1.82, 2.24) is 10.3 Å². The van der Waals surface area contributed by atoms with Crippen LogP contribution in [0.1, 0.15) is 37.7 Å². The number of pyridine rings is 1. The molecule has 0 bridgehead atoms. The normalized spacial score (nSPS) is 15.7. The number of thiocarbonyl (C=S) groups is 1. The van der Waals surface area contributed by atoms with Crippen LogP contribution in [-0.4, -0.2) is 21.6 Å². The van der Waals surface area contributed by atoms with Crippen molar-refractivity contribution in [3.63, 3.8) is 0 Å². The van der Waals surface area contributed by atoms with E-state index in [0.717, 1.165) is 31.2 Å². The van der Waals surface area contributed by atoms with Gasteiger partial charge >= 0.3 is 0 Å². The number of benzene rings is 1. The van der Waals surface area contributed by atoms with Crippen molar-refractivity contribution in [2.75, 3.05) is 11.9 Å². The van der Waals surface area contributed by atoms with Gasteiger partial charge in [0.1, 0.15) is 17.8 Å². The molecule has 0 saturated heterocycles. The Kier molecular flexibility index (Phi) is 5.95. The summed E-state index contributed by atoms with van der Waals surface area (Å²) in [5.74, 6) is 0.205. The van der Waals surface area contributed by atoms with Gasteiger partial charge in [0.25, 0.3) is 5.69 Å². The van der Waals surface area contributed by atoms with E-state index >= 15 is 0 Å². The van der Waals surface area contributed by atoms with Gasteiger partial charge in [-0.1, -0.05) is 31.4 Å². The van der Waals surface area contributed by atoms with Crippen LogP contribution in [0.3, 0.4) is 0 Å². The molecule has 0 amide bonds.